The molecule has 4 N–H and O–H groups in total. The lowest BCUT2D eigenvalue weighted by atomic mass is 9.92. The number of carbonyl (C=O) groups is 1. The number of amides is 1. The lowest BCUT2D eigenvalue weighted by Gasteiger charge is -2.28. The second kappa shape index (κ2) is 5.13. The Morgan fingerprint density at radius 3 is 3.00 bits per heavy atom. The topological polar surface area (TPSA) is 106 Å². The van der Waals surface area contributed by atoms with Gasteiger partial charge in [-0.1, -0.05) is 12.8 Å². The van der Waals surface area contributed by atoms with Crippen molar-refractivity contribution in [1.82, 2.24) is 20.1 Å². The number of nitrogen functional groups attached to an aromatic ring is 1. The fourth-order valence-corrected chi connectivity index (χ4v) is 2.06. The number of nitrogens with one attached hydrogen (secondary N) is 1. The van der Waals surface area contributed by atoms with Crippen molar-refractivity contribution in [3.63, 3.8) is 0 Å². The van der Waals surface area contributed by atoms with Crippen molar-refractivity contribution in [2.24, 2.45) is 0 Å². The second-order valence-electron chi connectivity index (χ2n) is 4.33. The summed E-state index contributed by atoms with van der Waals surface area (Å²) in [6.45, 7) is 0.0768. The van der Waals surface area contributed by atoms with Crippen LogP contribution in [0.1, 0.15) is 25.7 Å². The van der Waals surface area contributed by atoms with Gasteiger partial charge in [0.05, 0.1) is 12.1 Å². The lowest BCUT2D eigenvalue weighted by molar-refractivity contribution is -0.123. The summed E-state index contributed by atoms with van der Waals surface area (Å²) in [5.41, 5.74) is 5.35. The highest BCUT2D eigenvalue weighted by atomic mass is 16.3. The zero-order valence-corrected chi connectivity index (χ0v) is 9.54. The quantitative estimate of drug-likeness (QED) is 0.645. The molecule has 1 saturated carbocycles. The highest BCUT2D eigenvalue weighted by Gasteiger charge is 2.24. The summed E-state index contributed by atoms with van der Waals surface area (Å²) in [6.07, 6.45) is 4.61. The van der Waals surface area contributed by atoms with E-state index in [1.807, 2.05) is 0 Å². The van der Waals surface area contributed by atoms with Gasteiger partial charge in [0, 0.05) is 0 Å². The number of carbonyl (C=O) groups excluding carboxylic acids is 1. The molecule has 1 aliphatic carbocycles. The Morgan fingerprint density at radius 2 is 2.35 bits per heavy atom. The summed E-state index contributed by atoms with van der Waals surface area (Å²) < 4.78 is 1.37. The molecule has 0 bridgehead atoms. The largest absolute Gasteiger partial charge is 0.391 e. The van der Waals surface area contributed by atoms with E-state index in [4.69, 9.17) is 5.73 Å². The number of nitrogens with zero attached hydrogens (tertiary/aromatic N) is 3. The first-order valence-corrected chi connectivity index (χ1v) is 5.77. The van der Waals surface area contributed by atoms with Gasteiger partial charge in [0.25, 0.3) is 0 Å². The highest BCUT2D eigenvalue weighted by molar-refractivity contribution is 5.76. The number of aliphatic hydroxyl groups excluding tert-OH is 1. The standard InChI is InChI=1S/C10H17N5O2/c11-10-12-6-15(14-10)5-9(17)13-7-3-1-2-4-8(7)16/h6-8,16H,1-5H2,(H2,11,14)(H,13,17)/t7-,8-/m0/s1. The van der Waals surface area contributed by atoms with Crippen LogP contribution in [0.4, 0.5) is 5.95 Å². The minimum absolute atomic E-state index is 0.0768. The number of rotatable bonds is 3. The minimum atomic E-state index is -0.437. The number of anilines is 1. The van der Waals surface area contributed by atoms with Crippen LogP contribution < -0.4 is 11.1 Å². The third-order valence-electron chi connectivity index (χ3n) is 2.94. The molecule has 7 heteroatoms. The van der Waals surface area contributed by atoms with Crippen molar-refractivity contribution < 1.29 is 9.90 Å². The van der Waals surface area contributed by atoms with Gasteiger partial charge in [-0.3, -0.25) is 4.79 Å². The number of nitrogens with two attached hydrogens (primary N) is 1. The first-order valence-electron chi connectivity index (χ1n) is 5.77. The van der Waals surface area contributed by atoms with E-state index in [1.165, 1.54) is 11.0 Å². The molecule has 2 atom stereocenters. The third kappa shape index (κ3) is 3.16. The molecule has 0 unspecified atom stereocenters. The number of hydrogen-bond acceptors (Lipinski definition) is 5. The van der Waals surface area contributed by atoms with E-state index in [2.05, 4.69) is 15.4 Å². The minimum Gasteiger partial charge on any atom is -0.391 e. The number of aliphatic hydroxyl groups is 1. The van der Waals surface area contributed by atoms with Crippen LogP contribution in [0.2, 0.25) is 0 Å². The van der Waals surface area contributed by atoms with Crippen LogP contribution in [0.25, 0.3) is 0 Å². The van der Waals surface area contributed by atoms with Crippen LogP contribution in [0, 0.1) is 0 Å². The molecule has 17 heavy (non-hydrogen) atoms. The van der Waals surface area contributed by atoms with Crippen molar-refractivity contribution in [2.75, 3.05) is 5.73 Å². The van der Waals surface area contributed by atoms with E-state index in [0.29, 0.717) is 0 Å². The molecular formula is C10H17N5O2. The summed E-state index contributed by atoms with van der Waals surface area (Å²) in [4.78, 5) is 15.4. The fraction of sp³-hybridized carbons (Fsp3) is 0.700. The Labute approximate surface area is 99.0 Å². The molecule has 1 fully saturated rings. The number of aromatic nitrogens is 3. The van der Waals surface area contributed by atoms with Crippen molar-refractivity contribution in [3.05, 3.63) is 6.33 Å². The molecule has 2 rings (SSSR count). The monoisotopic (exact) mass is 239 g/mol. The van der Waals surface area contributed by atoms with E-state index >= 15 is 0 Å². The van der Waals surface area contributed by atoms with Gasteiger partial charge in [0.1, 0.15) is 12.9 Å². The zero-order chi connectivity index (χ0) is 12.3. The van der Waals surface area contributed by atoms with E-state index < -0.39 is 6.10 Å². The van der Waals surface area contributed by atoms with Gasteiger partial charge in [-0.25, -0.2) is 9.67 Å². The molecule has 94 valence electrons. The van der Waals surface area contributed by atoms with Gasteiger partial charge in [-0.2, -0.15) is 0 Å². The summed E-state index contributed by atoms with van der Waals surface area (Å²) in [5, 5.41) is 16.3. The van der Waals surface area contributed by atoms with Crippen molar-refractivity contribution >= 4 is 11.9 Å². The molecule has 1 heterocycles. The van der Waals surface area contributed by atoms with Gasteiger partial charge in [-0.05, 0) is 12.8 Å². The van der Waals surface area contributed by atoms with Crippen LogP contribution in [-0.4, -0.2) is 37.9 Å². The first kappa shape index (κ1) is 11.8. The van der Waals surface area contributed by atoms with Crippen LogP contribution in [0.3, 0.4) is 0 Å². The normalized spacial score (nSPS) is 24.5. The maximum absolute atomic E-state index is 11.7. The molecule has 0 saturated heterocycles. The maximum Gasteiger partial charge on any atom is 0.242 e. The van der Waals surface area contributed by atoms with E-state index in [0.717, 1.165) is 25.7 Å². The first-order chi connectivity index (χ1) is 8.15. The second-order valence-corrected chi connectivity index (χ2v) is 4.33. The average molecular weight is 239 g/mol. The van der Waals surface area contributed by atoms with E-state index in [-0.39, 0.29) is 24.4 Å². The smallest absolute Gasteiger partial charge is 0.242 e. The summed E-state index contributed by atoms with van der Waals surface area (Å²) >= 11 is 0. The van der Waals surface area contributed by atoms with Crippen molar-refractivity contribution in [1.29, 1.82) is 0 Å². The van der Waals surface area contributed by atoms with Crippen LogP contribution >= 0.6 is 0 Å². The molecule has 1 aliphatic rings. The van der Waals surface area contributed by atoms with Gasteiger partial charge in [0.15, 0.2) is 0 Å². The lowest BCUT2D eigenvalue weighted by Crippen LogP contribution is -2.46. The predicted molar refractivity (Wildman–Crippen MR) is 60.8 cm³/mol. The fourth-order valence-electron chi connectivity index (χ4n) is 2.06. The molecule has 7 nitrogen and oxygen atoms in total. The molecule has 0 radical (unpaired) electrons. The van der Waals surface area contributed by atoms with Gasteiger partial charge >= 0.3 is 0 Å². The molecule has 0 aromatic carbocycles. The highest BCUT2D eigenvalue weighted by Crippen LogP contribution is 2.18. The van der Waals surface area contributed by atoms with E-state index in [1.54, 1.807) is 0 Å². The number of hydrogen-bond donors (Lipinski definition) is 3. The predicted octanol–water partition coefficient (Wildman–Crippen LogP) is -0.720. The molecule has 1 aromatic heterocycles. The summed E-state index contributed by atoms with van der Waals surface area (Å²) in [5.74, 6) is -0.0312. The van der Waals surface area contributed by atoms with Crippen LogP contribution in [0.5, 0.6) is 0 Å². The van der Waals surface area contributed by atoms with Crippen LogP contribution in [-0.2, 0) is 11.3 Å². The SMILES string of the molecule is Nc1ncn(CC(=O)N[C@H]2CCCC[C@@H]2O)n1. The third-order valence-corrected chi connectivity index (χ3v) is 2.94. The zero-order valence-electron chi connectivity index (χ0n) is 9.54. The molecule has 1 amide bonds. The summed E-state index contributed by atoms with van der Waals surface area (Å²) in [6, 6.07) is -0.142. The molecule has 0 aliphatic heterocycles. The Morgan fingerprint density at radius 1 is 1.59 bits per heavy atom. The summed E-state index contributed by atoms with van der Waals surface area (Å²) in [7, 11) is 0. The van der Waals surface area contributed by atoms with Crippen molar-refractivity contribution in [3.8, 4) is 0 Å². The van der Waals surface area contributed by atoms with Gasteiger partial charge in [0.2, 0.25) is 11.9 Å². The average Bonchev–Trinajstić information content (AvgIpc) is 2.67. The van der Waals surface area contributed by atoms with Gasteiger partial charge in [-0.15, -0.1) is 5.10 Å². The van der Waals surface area contributed by atoms with Gasteiger partial charge < -0.3 is 16.2 Å². The molecular weight excluding hydrogens is 222 g/mol. The van der Waals surface area contributed by atoms with E-state index in [9.17, 15) is 9.90 Å². The Balaban J connectivity index is 1.84. The van der Waals surface area contributed by atoms with Crippen molar-refractivity contribution in [2.45, 2.75) is 44.4 Å². The molecule has 1 aromatic rings. The molecule has 0 spiro atoms. The Kier molecular flexibility index (Phi) is 3.58. The Bertz CT molecular complexity index is 392. The maximum atomic E-state index is 11.7. The van der Waals surface area contributed by atoms with Crippen LogP contribution in [0.15, 0.2) is 6.33 Å². The Hall–Kier alpha value is -1.63.